The molecular weight excluding hydrogens is 474 g/mol. The number of nitrogens with zero attached hydrogens (tertiary/aromatic N) is 2. The van der Waals surface area contributed by atoms with E-state index in [1.807, 2.05) is 32.0 Å². The van der Waals surface area contributed by atoms with Crippen molar-refractivity contribution < 1.29 is 13.2 Å². The van der Waals surface area contributed by atoms with Crippen molar-refractivity contribution in [3.63, 3.8) is 0 Å². The molecule has 0 unspecified atom stereocenters. The molecule has 0 aliphatic heterocycles. The monoisotopic (exact) mass is 495 g/mol. The molecule has 0 spiro atoms. The van der Waals surface area contributed by atoms with Crippen LogP contribution in [0.4, 0.5) is 5.13 Å². The van der Waals surface area contributed by atoms with E-state index in [1.165, 1.54) is 39.9 Å². The highest BCUT2D eigenvalue weighted by molar-refractivity contribution is 9.10. The molecule has 0 radical (unpaired) electrons. The summed E-state index contributed by atoms with van der Waals surface area (Å²) in [5.74, 6) is -0.328. The minimum atomic E-state index is -3.56. The van der Waals surface area contributed by atoms with Gasteiger partial charge in [0.2, 0.25) is 10.0 Å². The third-order valence-corrected chi connectivity index (χ3v) is 7.85. The van der Waals surface area contributed by atoms with Gasteiger partial charge in [0.1, 0.15) is 0 Å². The highest BCUT2D eigenvalue weighted by atomic mass is 79.9. The minimum Gasteiger partial charge on any atom is -0.298 e. The highest BCUT2D eigenvalue weighted by Gasteiger charge is 2.22. The number of anilines is 1. The zero-order valence-electron chi connectivity index (χ0n) is 16.2. The van der Waals surface area contributed by atoms with Crippen LogP contribution in [0.3, 0.4) is 0 Å². The minimum absolute atomic E-state index is 0.192. The van der Waals surface area contributed by atoms with E-state index in [2.05, 4.69) is 26.2 Å². The predicted molar refractivity (Wildman–Crippen MR) is 121 cm³/mol. The Hall–Kier alpha value is -1.81. The van der Waals surface area contributed by atoms with E-state index in [1.54, 1.807) is 0 Å². The highest BCUT2D eigenvalue weighted by Crippen LogP contribution is 2.28. The summed E-state index contributed by atoms with van der Waals surface area (Å²) in [5, 5.41) is 3.28. The molecule has 9 heteroatoms. The van der Waals surface area contributed by atoms with Crippen LogP contribution in [-0.4, -0.2) is 36.7 Å². The van der Waals surface area contributed by atoms with Crippen molar-refractivity contribution in [1.82, 2.24) is 9.29 Å². The number of carbonyl (C=O) groups excluding carboxylic acids is 1. The molecule has 1 heterocycles. The van der Waals surface area contributed by atoms with Gasteiger partial charge in [0.05, 0.1) is 15.1 Å². The topological polar surface area (TPSA) is 79.4 Å². The summed E-state index contributed by atoms with van der Waals surface area (Å²) in [6.45, 7) is 4.76. The number of aromatic nitrogens is 1. The molecule has 0 saturated heterocycles. The zero-order valence-corrected chi connectivity index (χ0v) is 19.4. The number of amides is 1. The number of fused-ring (bicyclic) bond motifs is 1. The molecule has 0 aliphatic rings. The van der Waals surface area contributed by atoms with Crippen molar-refractivity contribution in [2.45, 2.75) is 31.6 Å². The smallest absolute Gasteiger partial charge is 0.257 e. The van der Waals surface area contributed by atoms with E-state index in [-0.39, 0.29) is 10.8 Å². The standard InChI is InChI=1S/C20H22BrN3O3S2/c1-3-5-12-24(4-2)29(26,27)16-9-6-14(7-10-16)19(25)23-20-22-17-11-8-15(21)13-18(17)28-20/h6-11,13H,3-5,12H2,1-2H3,(H,22,23,25). The Morgan fingerprint density at radius 2 is 1.90 bits per heavy atom. The number of benzene rings is 2. The average molecular weight is 496 g/mol. The summed E-state index contributed by atoms with van der Waals surface area (Å²) in [4.78, 5) is 17.1. The van der Waals surface area contributed by atoms with Gasteiger partial charge in [-0.15, -0.1) is 0 Å². The Bertz CT molecular complexity index is 1110. The molecule has 3 aromatic rings. The first-order chi connectivity index (χ1) is 13.8. The molecule has 0 saturated carbocycles. The first-order valence-electron chi connectivity index (χ1n) is 9.32. The lowest BCUT2D eigenvalue weighted by molar-refractivity contribution is 0.102. The average Bonchev–Trinajstić information content (AvgIpc) is 3.09. The van der Waals surface area contributed by atoms with Crippen molar-refractivity contribution >= 4 is 58.5 Å². The maximum atomic E-state index is 12.8. The second kappa shape index (κ2) is 9.34. The SMILES string of the molecule is CCCCN(CC)S(=O)(=O)c1ccc(C(=O)Nc2nc3ccc(Br)cc3s2)cc1. The molecule has 1 N–H and O–H groups in total. The molecule has 29 heavy (non-hydrogen) atoms. The van der Waals surface area contributed by atoms with Crippen molar-refractivity contribution in [2.24, 2.45) is 0 Å². The zero-order chi connectivity index (χ0) is 21.0. The Kier molecular flexibility index (Phi) is 7.05. The lowest BCUT2D eigenvalue weighted by Gasteiger charge is -2.20. The molecule has 2 aromatic carbocycles. The Morgan fingerprint density at radius 3 is 2.55 bits per heavy atom. The molecule has 0 atom stereocenters. The largest absolute Gasteiger partial charge is 0.298 e. The first kappa shape index (κ1) is 21.9. The van der Waals surface area contributed by atoms with Crippen LogP contribution in [0.5, 0.6) is 0 Å². The Balaban J connectivity index is 1.75. The van der Waals surface area contributed by atoms with Crippen LogP contribution in [0.25, 0.3) is 10.2 Å². The van der Waals surface area contributed by atoms with Gasteiger partial charge in [0.15, 0.2) is 5.13 Å². The van der Waals surface area contributed by atoms with Gasteiger partial charge in [0, 0.05) is 23.1 Å². The van der Waals surface area contributed by atoms with Gasteiger partial charge in [0.25, 0.3) is 5.91 Å². The molecule has 1 aromatic heterocycles. The molecule has 0 fully saturated rings. The molecule has 1 amide bonds. The number of unbranched alkanes of at least 4 members (excludes halogenated alkanes) is 1. The number of hydrogen-bond acceptors (Lipinski definition) is 5. The molecule has 6 nitrogen and oxygen atoms in total. The van der Waals surface area contributed by atoms with Crippen molar-refractivity contribution in [3.05, 3.63) is 52.5 Å². The van der Waals surface area contributed by atoms with Gasteiger partial charge in [-0.3, -0.25) is 10.1 Å². The lowest BCUT2D eigenvalue weighted by Crippen LogP contribution is -2.31. The van der Waals surface area contributed by atoms with Crippen LogP contribution in [0.15, 0.2) is 51.8 Å². The Morgan fingerprint density at radius 1 is 1.17 bits per heavy atom. The summed E-state index contributed by atoms with van der Waals surface area (Å²) >= 11 is 4.80. The quantitative estimate of drug-likeness (QED) is 0.470. The third-order valence-electron chi connectivity index (χ3n) is 4.44. The number of sulfonamides is 1. The summed E-state index contributed by atoms with van der Waals surface area (Å²) in [7, 11) is -3.56. The van der Waals surface area contributed by atoms with Gasteiger partial charge >= 0.3 is 0 Å². The van der Waals surface area contributed by atoms with Crippen LogP contribution in [0, 0.1) is 0 Å². The van der Waals surface area contributed by atoms with Crippen LogP contribution in [0.2, 0.25) is 0 Å². The molecular formula is C20H22BrN3O3S2. The van der Waals surface area contributed by atoms with E-state index in [9.17, 15) is 13.2 Å². The summed E-state index contributed by atoms with van der Waals surface area (Å²) < 4.78 is 28.9. The maximum absolute atomic E-state index is 12.8. The number of rotatable bonds is 8. The number of carbonyl (C=O) groups is 1. The molecule has 154 valence electrons. The maximum Gasteiger partial charge on any atom is 0.257 e. The van der Waals surface area contributed by atoms with Gasteiger partial charge in [-0.05, 0) is 48.9 Å². The third kappa shape index (κ3) is 5.03. The molecule has 3 rings (SSSR count). The van der Waals surface area contributed by atoms with E-state index in [0.29, 0.717) is 23.8 Å². The van der Waals surface area contributed by atoms with Crippen LogP contribution in [0.1, 0.15) is 37.0 Å². The van der Waals surface area contributed by atoms with Gasteiger partial charge < -0.3 is 0 Å². The van der Waals surface area contributed by atoms with Gasteiger partial charge in [-0.1, -0.05) is 47.5 Å². The van der Waals surface area contributed by atoms with E-state index in [0.717, 1.165) is 27.5 Å². The first-order valence-corrected chi connectivity index (χ1v) is 12.4. The summed E-state index contributed by atoms with van der Waals surface area (Å²) in [6.07, 6.45) is 1.74. The molecule has 0 bridgehead atoms. The number of halogens is 1. The van der Waals surface area contributed by atoms with Gasteiger partial charge in [-0.2, -0.15) is 4.31 Å². The van der Waals surface area contributed by atoms with Crippen LogP contribution in [-0.2, 0) is 10.0 Å². The van der Waals surface area contributed by atoms with E-state index < -0.39 is 10.0 Å². The van der Waals surface area contributed by atoms with E-state index >= 15 is 0 Å². The Labute approximate surface area is 183 Å². The second-order valence-corrected chi connectivity index (χ2v) is 10.3. The normalized spacial score (nSPS) is 11.9. The predicted octanol–water partition coefficient (Wildman–Crippen LogP) is 5.12. The summed E-state index contributed by atoms with van der Waals surface area (Å²) in [6, 6.07) is 11.7. The summed E-state index contributed by atoms with van der Waals surface area (Å²) in [5.41, 5.74) is 1.18. The number of thiazole rings is 1. The van der Waals surface area contributed by atoms with Crippen LogP contribution < -0.4 is 5.32 Å². The van der Waals surface area contributed by atoms with Crippen molar-refractivity contribution in [2.75, 3.05) is 18.4 Å². The fourth-order valence-corrected chi connectivity index (χ4v) is 5.73. The van der Waals surface area contributed by atoms with E-state index in [4.69, 9.17) is 0 Å². The van der Waals surface area contributed by atoms with Crippen LogP contribution >= 0.6 is 27.3 Å². The van der Waals surface area contributed by atoms with Crippen molar-refractivity contribution in [3.8, 4) is 0 Å². The lowest BCUT2D eigenvalue weighted by atomic mass is 10.2. The van der Waals surface area contributed by atoms with Gasteiger partial charge in [-0.25, -0.2) is 13.4 Å². The van der Waals surface area contributed by atoms with Crippen molar-refractivity contribution in [1.29, 1.82) is 0 Å². The fourth-order valence-electron chi connectivity index (χ4n) is 2.83. The second-order valence-electron chi connectivity index (χ2n) is 6.46. The molecule has 0 aliphatic carbocycles. The fraction of sp³-hybridized carbons (Fsp3) is 0.300. The number of hydrogen-bond donors (Lipinski definition) is 1. The number of nitrogens with one attached hydrogen (secondary N) is 1.